The highest BCUT2D eigenvalue weighted by Gasteiger charge is 2.36. The first kappa shape index (κ1) is 21.3. The van der Waals surface area contributed by atoms with Crippen LogP contribution in [0.4, 0.5) is 5.82 Å². The Labute approximate surface area is 193 Å². The third kappa shape index (κ3) is 4.01. The minimum atomic E-state index is -0.219. The van der Waals surface area contributed by atoms with E-state index in [4.69, 9.17) is 9.97 Å². The van der Waals surface area contributed by atoms with Crippen molar-refractivity contribution >= 4 is 17.6 Å². The molecule has 2 aromatic heterocycles. The van der Waals surface area contributed by atoms with Gasteiger partial charge in [-0.3, -0.25) is 19.2 Å². The molecular weight excluding hydrogens is 416 g/mol. The standard InChI is InChI=1S/C25H28N6O2/c1-3-29-15-13-20(28-29)25(33)30-14-7-10-21(30)23-26-17(2)19-11-12-22(32)31(24(19)27-23)16-18-8-5-4-6-9-18/h4-6,8-9,13,15,21H,3,7,10-12,14,16H2,1-2H3/t21-/m1/s1. The zero-order chi connectivity index (χ0) is 22.9. The van der Waals surface area contributed by atoms with Crippen molar-refractivity contribution in [3.05, 3.63) is 70.9 Å². The first-order chi connectivity index (χ1) is 16.0. The Morgan fingerprint density at radius 1 is 1.12 bits per heavy atom. The van der Waals surface area contributed by atoms with Crippen molar-refractivity contribution in [1.29, 1.82) is 0 Å². The molecule has 3 aromatic rings. The molecule has 1 saturated heterocycles. The maximum atomic E-state index is 13.2. The number of likely N-dealkylation sites (tertiary alicyclic amines) is 1. The summed E-state index contributed by atoms with van der Waals surface area (Å²) in [6, 6.07) is 11.5. The molecule has 0 N–H and O–H groups in total. The van der Waals surface area contributed by atoms with E-state index < -0.39 is 0 Å². The average Bonchev–Trinajstić information content (AvgIpc) is 3.51. The van der Waals surface area contributed by atoms with Crippen LogP contribution in [0.1, 0.15) is 65.4 Å². The number of carbonyl (C=O) groups excluding carboxylic acids is 2. The Morgan fingerprint density at radius 2 is 1.94 bits per heavy atom. The lowest BCUT2D eigenvalue weighted by molar-refractivity contribution is -0.119. The molecule has 0 bridgehead atoms. The maximum absolute atomic E-state index is 13.2. The van der Waals surface area contributed by atoms with Gasteiger partial charge in [0, 0.05) is 37.0 Å². The van der Waals surface area contributed by atoms with Gasteiger partial charge in [-0.15, -0.1) is 0 Å². The molecule has 170 valence electrons. The molecule has 4 heterocycles. The number of anilines is 1. The molecule has 2 aliphatic rings. The molecule has 8 heteroatoms. The van der Waals surface area contributed by atoms with E-state index >= 15 is 0 Å². The van der Waals surface area contributed by atoms with Gasteiger partial charge in [0.2, 0.25) is 5.91 Å². The third-order valence-corrected chi connectivity index (χ3v) is 6.53. The Morgan fingerprint density at radius 3 is 2.70 bits per heavy atom. The van der Waals surface area contributed by atoms with E-state index in [1.54, 1.807) is 15.6 Å². The van der Waals surface area contributed by atoms with Crippen molar-refractivity contribution in [2.24, 2.45) is 0 Å². The van der Waals surface area contributed by atoms with Gasteiger partial charge in [-0.25, -0.2) is 9.97 Å². The third-order valence-electron chi connectivity index (χ3n) is 6.53. The molecule has 2 aliphatic heterocycles. The van der Waals surface area contributed by atoms with E-state index in [9.17, 15) is 9.59 Å². The number of nitrogens with zero attached hydrogens (tertiary/aromatic N) is 6. The van der Waals surface area contributed by atoms with E-state index in [1.807, 2.05) is 55.3 Å². The quantitative estimate of drug-likeness (QED) is 0.602. The van der Waals surface area contributed by atoms with E-state index in [2.05, 4.69) is 5.10 Å². The summed E-state index contributed by atoms with van der Waals surface area (Å²) in [6.45, 7) is 5.81. The molecule has 2 amide bonds. The Balaban J connectivity index is 1.48. The molecule has 0 aliphatic carbocycles. The summed E-state index contributed by atoms with van der Waals surface area (Å²) in [5, 5.41) is 4.39. The maximum Gasteiger partial charge on any atom is 0.274 e. The SMILES string of the molecule is CCn1ccc(C(=O)N2CCC[C@@H]2c2nc(C)c3c(n2)N(Cc2ccccc2)C(=O)CC3)n1. The van der Waals surface area contributed by atoms with Crippen LogP contribution in [0.25, 0.3) is 0 Å². The lowest BCUT2D eigenvalue weighted by atomic mass is 10.0. The van der Waals surface area contributed by atoms with E-state index in [1.165, 1.54) is 0 Å². The topological polar surface area (TPSA) is 84.2 Å². The summed E-state index contributed by atoms with van der Waals surface area (Å²) in [5.41, 5.74) is 3.40. The summed E-state index contributed by atoms with van der Waals surface area (Å²) in [7, 11) is 0. The van der Waals surface area contributed by atoms with E-state index in [0.29, 0.717) is 43.3 Å². The van der Waals surface area contributed by atoms with Gasteiger partial charge >= 0.3 is 0 Å². The number of fused-ring (bicyclic) bond motifs is 1. The van der Waals surface area contributed by atoms with Gasteiger partial charge in [0.15, 0.2) is 5.82 Å². The highest BCUT2D eigenvalue weighted by atomic mass is 16.2. The van der Waals surface area contributed by atoms with Gasteiger partial charge in [0.25, 0.3) is 5.91 Å². The fourth-order valence-electron chi connectivity index (χ4n) is 4.76. The van der Waals surface area contributed by atoms with Gasteiger partial charge in [-0.05, 0) is 44.7 Å². The molecule has 5 rings (SSSR count). The number of benzene rings is 1. The molecule has 0 saturated carbocycles. The molecule has 0 radical (unpaired) electrons. The molecule has 1 atom stereocenters. The predicted molar refractivity (Wildman–Crippen MR) is 124 cm³/mol. The van der Waals surface area contributed by atoms with Crippen molar-refractivity contribution in [3.63, 3.8) is 0 Å². The van der Waals surface area contributed by atoms with Gasteiger partial charge < -0.3 is 4.90 Å². The minimum Gasteiger partial charge on any atom is -0.327 e. The first-order valence-electron chi connectivity index (χ1n) is 11.6. The first-order valence-corrected chi connectivity index (χ1v) is 11.6. The van der Waals surface area contributed by atoms with Crippen LogP contribution >= 0.6 is 0 Å². The van der Waals surface area contributed by atoms with E-state index in [0.717, 1.165) is 36.2 Å². The van der Waals surface area contributed by atoms with Crippen LogP contribution in [0.3, 0.4) is 0 Å². The predicted octanol–water partition coefficient (Wildman–Crippen LogP) is 3.46. The fraction of sp³-hybridized carbons (Fsp3) is 0.400. The number of hydrogen-bond acceptors (Lipinski definition) is 5. The van der Waals surface area contributed by atoms with Gasteiger partial charge in [-0.1, -0.05) is 30.3 Å². The molecule has 8 nitrogen and oxygen atoms in total. The Hall–Kier alpha value is -3.55. The molecule has 1 fully saturated rings. The van der Waals surface area contributed by atoms with Gasteiger partial charge in [-0.2, -0.15) is 5.10 Å². The number of carbonyl (C=O) groups is 2. The second-order valence-corrected chi connectivity index (χ2v) is 8.65. The molecule has 0 unspecified atom stereocenters. The zero-order valence-corrected chi connectivity index (χ0v) is 19.1. The van der Waals surface area contributed by atoms with Crippen molar-refractivity contribution in [3.8, 4) is 0 Å². The van der Waals surface area contributed by atoms with Crippen LogP contribution < -0.4 is 4.90 Å². The molecular formula is C25H28N6O2. The number of hydrogen-bond donors (Lipinski definition) is 0. The highest BCUT2D eigenvalue weighted by molar-refractivity contribution is 5.95. The van der Waals surface area contributed by atoms with Gasteiger partial charge in [0.05, 0.1) is 12.6 Å². The minimum absolute atomic E-state index is 0.0693. The van der Waals surface area contributed by atoms with E-state index in [-0.39, 0.29) is 17.9 Å². The van der Waals surface area contributed by atoms with Crippen LogP contribution in [0, 0.1) is 6.92 Å². The second kappa shape index (κ2) is 8.77. The Bertz CT molecular complexity index is 1190. The van der Waals surface area contributed by atoms with Gasteiger partial charge in [0.1, 0.15) is 11.5 Å². The fourth-order valence-corrected chi connectivity index (χ4v) is 4.76. The Kier molecular flexibility index (Phi) is 5.66. The highest BCUT2D eigenvalue weighted by Crippen LogP contribution is 2.35. The smallest absolute Gasteiger partial charge is 0.274 e. The molecule has 33 heavy (non-hydrogen) atoms. The van der Waals surface area contributed by atoms with Crippen LogP contribution in [-0.2, 0) is 24.3 Å². The summed E-state index contributed by atoms with van der Waals surface area (Å²) >= 11 is 0. The summed E-state index contributed by atoms with van der Waals surface area (Å²) < 4.78 is 1.75. The number of rotatable bonds is 5. The average molecular weight is 445 g/mol. The van der Waals surface area contributed by atoms with Crippen molar-refractivity contribution in [2.45, 2.75) is 58.7 Å². The summed E-state index contributed by atoms with van der Waals surface area (Å²) in [6.07, 6.45) is 4.61. The number of amides is 2. The molecule has 0 spiro atoms. The second-order valence-electron chi connectivity index (χ2n) is 8.65. The van der Waals surface area contributed by atoms with Crippen molar-refractivity contribution in [1.82, 2.24) is 24.6 Å². The number of aryl methyl sites for hydroxylation is 2. The van der Waals surface area contributed by atoms with Crippen molar-refractivity contribution < 1.29 is 9.59 Å². The normalized spacial score (nSPS) is 18.0. The van der Waals surface area contributed by atoms with Crippen LogP contribution in [0.2, 0.25) is 0 Å². The monoisotopic (exact) mass is 444 g/mol. The lowest BCUT2D eigenvalue weighted by Crippen LogP contribution is -2.37. The largest absolute Gasteiger partial charge is 0.327 e. The summed E-state index contributed by atoms with van der Waals surface area (Å²) in [5.74, 6) is 1.27. The van der Waals surface area contributed by atoms with Crippen LogP contribution in [0.5, 0.6) is 0 Å². The molecule has 1 aromatic carbocycles. The zero-order valence-electron chi connectivity index (χ0n) is 19.1. The lowest BCUT2D eigenvalue weighted by Gasteiger charge is -2.31. The van der Waals surface area contributed by atoms with Crippen LogP contribution in [0.15, 0.2) is 42.6 Å². The summed E-state index contributed by atoms with van der Waals surface area (Å²) in [4.78, 5) is 39.4. The van der Waals surface area contributed by atoms with Crippen LogP contribution in [-0.4, -0.2) is 43.0 Å². The number of aromatic nitrogens is 4. The van der Waals surface area contributed by atoms with Crippen molar-refractivity contribution in [2.75, 3.05) is 11.4 Å².